The highest BCUT2D eigenvalue weighted by molar-refractivity contribution is 7.09. The van der Waals surface area contributed by atoms with Crippen molar-refractivity contribution in [1.29, 1.82) is 0 Å². The van der Waals surface area contributed by atoms with Gasteiger partial charge in [0, 0.05) is 17.3 Å². The molecule has 218 valence electrons. The molecule has 2 aromatic carbocycles. The van der Waals surface area contributed by atoms with Gasteiger partial charge in [-0.2, -0.15) is 4.57 Å². The minimum Gasteiger partial charge on any atom is -0.497 e. The van der Waals surface area contributed by atoms with Crippen molar-refractivity contribution >= 4 is 28.7 Å². The van der Waals surface area contributed by atoms with Crippen LogP contribution in [0, 0.1) is 6.92 Å². The third-order valence-electron chi connectivity index (χ3n) is 6.96. The van der Waals surface area contributed by atoms with Gasteiger partial charge in [0.05, 0.1) is 24.3 Å². The van der Waals surface area contributed by atoms with Crippen LogP contribution in [0.2, 0.25) is 0 Å². The van der Waals surface area contributed by atoms with Crippen molar-refractivity contribution in [3.8, 4) is 11.5 Å². The fourth-order valence-corrected chi connectivity index (χ4v) is 5.38. The predicted octanol–water partition coefficient (Wildman–Crippen LogP) is 9.12. The summed E-state index contributed by atoms with van der Waals surface area (Å²) in [7, 11) is 1.63. The van der Waals surface area contributed by atoms with Gasteiger partial charge in [-0.05, 0) is 37.6 Å². The summed E-state index contributed by atoms with van der Waals surface area (Å²) < 4.78 is 13.6. The van der Waals surface area contributed by atoms with E-state index in [2.05, 4.69) is 46.8 Å². The first-order chi connectivity index (χ1) is 19.6. The molecule has 0 radical (unpaired) electrons. The summed E-state index contributed by atoms with van der Waals surface area (Å²) in [6.45, 7) is 5.74. The standard InChI is InChI=1S/C33H47N3O3S/c1-4-5-6-7-8-9-10-11-12-13-14-15-21-39-32-23-30(38-3)19-20-31(32)35-33(37)34-29-18-16-17-28(22-29)25-36-24-27(2)40-26-36/h16-20,22-24,26H,4-15,21,25H2,1-3H3,(H-,34,35,37)/p+1. The maximum Gasteiger partial charge on any atom is 0.323 e. The monoisotopic (exact) mass is 566 g/mol. The van der Waals surface area contributed by atoms with Crippen LogP contribution in [-0.4, -0.2) is 19.7 Å². The third kappa shape index (κ3) is 12.0. The number of benzene rings is 2. The number of hydrogen-bond donors (Lipinski definition) is 2. The largest absolute Gasteiger partial charge is 0.497 e. The van der Waals surface area contributed by atoms with Crippen LogP contribution < -0.4 is 24.7 Å². The molecule has 1 heterocycles. The average molecular weight is 567 g/mol. The number of anilines is 2. The van der Waals surface area contributed by atoms with Crippen LogP contribution >= 0.6 is 11.3 Å². The van der Waals surface area contributed by atoms with E-state index in [0.29, 0.717) is 23.8 Å². The van der Waals surface area contributed by atoms with E-state index in [1.54, 1.807) is 18.4 Å². The summed E-state index contributed by atoms with van der Waals surface area (Å²) in [5.41, 5.74) is 4.59. The lowest BCUT2D eigenvalue weighted by Crippen LogP contribution is -2.30. The molecule has 0 aliphatic heterocycles. The number of unbranched alkanes of at least 4 members (excludes halogenated alkanes) is 11. The summed E-state index contributed by atoms with van der Waals surface area (Å²) in [4.78, 5) is 14.1. The van der Waals surface area contributed by atoms with Crippen LogP contribution in [0.4, 0.5) is 16.2 Å². The third-order valence-corrected chi connectivity index (χ3v) is 7.82. The number of hydrogen-bond acceptors (Lipinski definition) is 4. The van der Waals surface area contributed by atoms with Crippen LogP contribution in [0.3, 0.4) is 0 Å². The zero-order valence-corrected chi connectivity index (χ0v) is 25.5. The summed E-state index contributed by atoms with van der Waals surface area (Å²) in [5.74, 6) is 1.32. The Morgan fingerprint density at radius 1 is 0.875 bits per heavy atom. The molecule has 0 saturated heterocycles. The molecule has 0 atom stereocenters. The lowest BCUT2D eigenvalue weighted by atomic mass is 10.1. The molecule has 6 nitrogen and oxygen atoms in total. The fraction of sp³-hybridized carbons (Fsp3) is 0.515. The minimum absolute atomic E-state index is 0.309. The smallest absolute Gasteiger partial charge is 0.323 e. The molecular weight excluding hydrogens is 518 g/mol. The molecular formula is C33H48N3O3S+. The Hall–Kier alpha value is -3.06. The second-order valence-electron chi connectivity index (χ2n) is 10.5. The van der Waals surface area contributed by atoms with E-state index < -0.39 is 0 Å². The van der Waals surface area contributed by atoms with Gasteiger partial charge in [-0.25, -0.2) is 4.79 Å². The molecule has 40 heavy (non-hydrogen) atoms. The maximum atomic E-state index is 12.8. The zero-order valence-electron chi connectivity index (χ0n) is 24.7. The van der Waals surface area contributed by atoms with Gasteiger partial charge in [-0.15, -0.1) is 0 Å². The van der Waals surface area contributed by atoms with E-state index in [1.807, 2.05) is 36.4 Å². The number of urea groups is 1. The first kappa shape index (κ1) is 31.5. The van der Waals surface area contributed by atoms with Crippen molar-refractivity contribution in [3.63, 3.8) is 0 Å². The highest BCUT2D eigenvalue weighted by Crippen LogP contribution is 2.30. The van der Waals surface area contributed by atoms with Crippen molar-refractivity contribution in [1.82, 2.24) is 0 Å². The number of carbonyl (C=O) groups is 1. The molecule has 0 bridgehead atoms. The van der Waals surface area contributed by atoms with Gasteiger partial charge in [0.2, 0.25) is 5.51 Å². The average Bonchev–Trinajstić information content (AvgIpc) is 3.36. The first-order valence-corrected chi connectivity index (χ1v) is 15.9. The van der Waals surface area contributed by atoms with E-state index in [4.69, 9.17) is 9.47 Å². The van der Waals surface area contributed by atoms with E-state index >= 15 is 0 Å². The molecule has 2 amide bonds. The Labute approximate surface area is 245 Å². The number of methoxy groups -OCH3 is 1. The lowest BCUT2D eigenvalue weighted by Gasteiger charge is -2.15. The molecule has 0 saturated carbocycles. The summed E-state index contributed by atoms with van der Waals surface area (Å²) in [5, 5.41) is 5.90. The minimum atomic E-state index is -0.309. The second-order valence-corrected chi connectivity index (χ2v) is 11.6. The number of aromatic nitrogens is 1. The first-order valence-electron chi connectivity index (χ1n) is 15.0. The SMILES string of the molecule is CCCCCCCCCCCCCCOc1cc(OC)ccc1NC(=O)Nc1cccc(C[n+]2csc(C)c2)c1. The topological polar surface area (TPSA) is 63.5 Å². The van der Waals surface area contributed by atoms with Gasteiger partial charge in [-0.3, -0.25) is 0 Å². The Bertz CT molecular complexity index is 1150. The predicted molar refractivity (Wildman–Crippen MR) is 167 cm³/mol. The van der Waals surface area contributed by atoms with Crippen molar-refractivity contribution in [2.75, 3.05) is 24.4 Å². The quantitative estimate of drug-likeness (QED) is 0.112. The molecule has 0 unspecified atom stereocenters. The number of aryl methyl sites for hydroxylation is 1. The van der Waals surface area contributed by atoms with Crippen LogP contribution in [0.25, 0.3) is 0 Å². The van der Waals surface area contributed by atoms with Crippen LogP contribution in [-0.2, 0) is 6.54 Å². The number of nitrogens with one attached hydrogen (secondary N) is 2. The van der Waals surface area contributed by atoms with Crippen molar-refractivity contribution < 1.29 is 18.8 Å². The fourth-order valence-electron chi connectivity index (χ4n) is 4.75. The molecule has 3 rings (SSSR count). The summed E-state index contributed by atoms with van der Waals surface area (Å²) in [6, 6.07) is 13.1. The number of amides is 2. The van der Waals surface area contributed by atoms with Crippen LogP contribution in [0.1, 0.15) is 94.4 Å². The molecule has 3 aromatic rings. The zero-order chi connectivity index (χ0) is 28.4. The van der Waals surface area contributed by atoms with E-state index in [9.17, 15) is 4.79 Å². The maximum absolute atomic E-state index is 12.8. The van der Waals surface area contributed by atoms with Gasteiger partial charge in [0.25, 0.3) is 0 Å². The molecule has 0 fully saturated rings. The number of ether oxygens (including phenoxy) is 2. The van der Waals surface area contributed by atoms with Gasteiger partial charge in [-0.1, -0.05) is 101 Å². The Morgan fingerprint density at radius 2 is 1.57 bits per heavy atom. The molecule has 0 aliphatic rings. The normalized spacial score (nSPS) is 10.9. The Balaban J connectivity index is 1.40. The van der Waals surface area contributed by atoms with Gasteiger partial charge < -0.3 is 20.1 Å². The molecule has 7 heteroatoms. The second kappa shape index (κ2) is 18.3. The van der Waals surface area contributed by atoms with Crippen LogP contribution in [0.15, 0.2) is 54.2 Å². The van der Waals surface area contributed by atoms with Gasteiger partial charge >= 0.3 is 6.03 Å². The number of rotatable bonds is 19. The molecule has 1 aromatic heterocycles. The Morgan fingerprint density at radius 3 is 2.23 bits per heavy atom. The summed E-state index contributed by atoms with van der Waals surface area (Å²) in [6.07, 6.45) is 17.8. The molecule has 2 N–H and O–H groups in total. The highest BCUT2D eigenvalue weighted by atomic mass is 32.1. The van der Waals surface area contributed by atoms with E-state index in [0.717, 1.165) is 30.6 Å². The molecule has 0 aliphatic carbocycles. The van der Waals surface area contributed by atoms with Crippen molar-refractivity contribution in [2.24, 2.45) is 0 Å². The van der Waals surface area contributed by atoms with Gasteiger partial charge in [0.15, 0.2) is 12.7 Å². The lowest BCUT2D eigenvalue weighted by molar-refractivity contribution is -0.683. The van der Waals surface area contributed by atoms with Crippen LogP contribution in [0.5, 0.6) is 11.5 Å². The van der Waals surface area contributed by atoms with Gasteiger partial charge in [0.1, 0.15) is 11.5 Å². The highest BCUT2D eigenvalue weighted by Gasteiger charge is 2.12. The van der Waals surface area contributed by atoms with E-state index in [1.165, 1.54) is 69.1 Å². The Kier molecular flexibility index (Phi) is 14.4. The van der Waals surface area contributed by atoms with Crippen molar-refractivity contribution in [3.05, 3.63) is 64.6 Å². The van der Waals surface area contributed by atoms with E-state index in [-0.39, 0.29) is 6.03 Å². The number of nitrogens with zero attached hydrogens (tertiary/aromatic N) is 1. The number of carbonyl (C=O) groups excluding carboxylic acids is 1. The number of thiazole rings is 1. The van der Waals surface area contributed by atoms with Crippen molar-refractivity contribution in [2.45, 2.75) is 97.4 Å². The summed E-state index contributed by atoms with van der Waals surface area (Å²) >= 11 is 1.72. The molecule has 0 spiro atoms.